The topological polar surface area (TPSA) is 134 Å². The lowest BCUT2D eigenvalue weighted by atomic mass is 10.3. The first kappa shape index (κ1) is 22.4. The molecule has 0 radical (unpaired) electrons. The molecule has 12 heteroatoms. The van der Waals surface area contributed by atoms with Crippen LogP contribution in [-0.4, -0.2) is 29.3 Å². The van der Waals surface area contributed by atoms with Gasteiger partial charge in [-0.2, -0.15) is 0 Å². The van der Waals surface area contributed by atoms with Crippen molar-refractivity contribution in [3.63, 3.8) is 0 Å². The Morgan fingerprint density at radius 1 is 0.645 bits per heavy atom. The SMILES string of the molecule is CCCCn1c(=O)n(S(=O)(=O)c2ccccc2)c(=O)n(S(=O)(=O)c2ccccc2)c1=O. The molecule has 0 aliphatic carbocycles. The molecule has 1 aromatic heterocycles. The predicted octanol–water partition coefficient (Wildman–Crippen LogP) is 0.446. The van der Waals surface area contributed by atoms with Gasteiger partial charge in [0.05, 0.1) is 9.79 Å². The Balaban J connectivity index is 2.47. The molecule has 2 aromatic carbocycles. The third-order valence-corrected chi connectivity index (χ3v) is 7.78. The van der Waals surface area contributed by atoms with Gasteiger partial charge in [-0.15, -0.1) is 7.94 Å². The smallest absolute Gasteiger partial charge is 0.246 e. The number of benzene rings is 2. The van der Waals surface area contributed by atoms with Crippen LogP contribution in [0.25, 0.3) is 0 Å². The van der Waals surface area contributed by atoms with Gasteiger partial charge in [0.15, 0.2) is 0 Å². The van der Waals surface area contributed by atoms with Crippen LogP contribution >= 0.6 is 0 Å². The first-order valence-corrected chi connectivity index (χ1v) is 12.1. The number of hydrogen-bond acceptors (Lipinski definition) is 7. The summed E-state index contributed by atoms with van der Waals surface area (Å²) in [6.07, 6.45) is 0.812. The Kier molecular flexibility index (Phi) is 6.13. The van der Waals surface area contributed by atoms with E-state index in [9.17, 15) is 31.2 Å². The summed E-state index contributed by atoms with van der Waals surface area (Å²) in [5, 5.41) is 0. The first-order chi connectivity index (χ1) is 14.6. The van der Waals surface area contributed by atoms with E-state index in [0.717, 1.165) is 24.3 Å². The highest BCUT2D eigenvalue weighted by Crippen LogP contribution is 2.11. The largest absolute Gasteiger partial charge is 0.365 e. The second-order valence-corrected chi connectivity index (χ2v) is 10.1. The normalized spacial score (nSPS) is 12.0. The minimum Gasteiger partial charge on any atom is -0.246 e. The zero-order chi connectivity index (χ0) is 22.8. The molecule has 0 amide bonds. The molecule has 0 atom stereocenters. The lowest BCUT2D eigenvalue weighted by Crippen LogP contribution is -2.57. The summed E-state index contributed by atoms with van der Waals surface area (Å²) in [7, 11) is -9.57. The molecule has 0 fully saturated rings. The second-order valence-electron chi connectivity index (χ2n) is 6.52. The molecule has 0 bridgehead atoms. The second kappa shape index (κ2) is 8.47. The molecule has 0 saturated heterocycles. The van der Waals surface area contributed by atoms with E-state index in [1.54, 1.807) is 6.92 Å². The van der Waals surface area contributed by atoms with Crippen molar-refractivity contribution in [3.8, 4) is 0 Å². The average molecular weight is 466 g/mol. The van der Waals surface area contributed by atoms with Gasteiger partial charge >= 0.3 is 17.1 Å². The highest BCUT2D eigenvalue weighted by Gasteiger charge is 2.31. The molecule has 3 aromatic rings. The molecule has 1 heterocycles. The summed E-state index contributed by atoms with van der Waals surface area (Å²) in [5.41, 5.74) is -4.63. The minimum atomic E-state index is -4.78. The highest BCUT2D eigenvalue weighted by atomic mass is 32.2. The van der Waals surface area contributed by atoms with Gasteiger partial charge in [-0.25, -0.2) is 35.8 Å². The van der Waals surface area contributed by atoms with Crippen molar-refractivity contribution in [2.24, 2.45) is 0 Å². The number of hydrogen-bond donors (Lipinski definition) is 0. The third kappa shape index (κ3) is 3.91. The average Bonchev–Trinajstić information content (AvgIpc) is 2.74. The van der Waals surface area contributed by atoms with Crippen molar-refractivity contribution in [3.05, 3.63) is 92.1 Å². The molecule has 0 aliphatic heterocycles. The molecule has 0 N–H and O–H groups in total. The molecule has 31 heavy (non-hydrogen) atoms. The van der Waals surface area contributed by atoms with Crippen molar-refractivity contribution < 1.29 is 16.8 Å². The molecular formula is C19H19N3O7S2. The van der Waals surface area contributed by atoms with E-state index in [2.05, 4.69) is 0 Å². The van der Waals surface area contributed by atoms with Crippen molar-refractivity contribution >= 4 is 20.0 Å². The monoisotopic (exact) mass is 465 g/mol. The zero-order valence-corrected chi connectivity index (χ0v) is 18.0. The van der Waals surface area contributed by atoms with E-state index in [1.807, 2.05) is 0 Å². The van der Waals surface area contributed by atoms with E-state index in [-0.39, 0.29) is 20.9 Å². The van der Waals surface area contributed by atoms with Gasteiger partial charge in [-0.1, -0.05) is 49.7 Å². The fraction of sp³-hybridized carbons (Fsp3) is 0.211. The van der Waals surface area contributed by atoms with E-state index in [1.165, 1.54) is 36.4 Å². The van der Waals surface area contributed by atoms with E-state index in [0.29, 0.717) is 11.0 Å². The molecule has 0 saturated carbocycles. The zero-order valence-electron chi connectivity index (χ0n) is 16.4. The van der Waals surface area contributed by atoms with Gasteiger partial charge in [-0.05, 0) is 30.7 Å². The Bertz CT molecular complexity index is 1380. The molecule has 0 spiro atoms. The predicted molar refractivity (Wildman–Crippen MR) is 112 cm³/mol. The van der Waals surface area contributed by atoms with Gasteiger partial charge in [0.1, 0.15) is 0 Å². The third-order valence-electron chi connectivity index (χ3n) is 4.45. The van der Waals surface area contributed by atoms with E-state index >= 15 is 0 Å². The lowest BCUT2D eigenvalue weighted by Gasteiger charge is -2.14. The Hall–Kier alpha value is -3.25. The molecular weight excluding hydrogens is 446 g/mol. The van der Waals surface area contributed by atoms with Crippen LogP contribution in [0.15, 0.2) is 84.8 Å². The summed E-state index contributed by atoms with van der Waals surface area (Å²) in [5.74, 6) is 0. The highest BCUT2D eigenvalue weighted by molar-refractivity contribution is 7.90. The Labute approximate surface area is 177 Å². The number of nitrogens with zero attached hydrogens (tertiary/aromatic N) is 3. The van der Waals surface area contributed by atoms with Crippen molar-refractivity contribution in [2.75, 3.05) is 0 Å². The van der Waals surface area contributed by atoms with Gasteiger partial charge < -0.3 is 0 Å². The summed E-state index contributed by atoms with van der Waals surface area (Å²) in [4.78, 5) is 38.0. The molecule has 10 nitrogen and oxygen atoms in total. The molecule has 164 valence electrons. The van der Waals surface area contributed by atoms with Crippen LogP contribution in [0.1, 0.15) is 19.8 Å². The van der Waals surface area contributed by atoms with Gasteiger partial charge in [0, 0.05) is 6.54 Å². The van der Waals surface area contributed by atoms with Crippen LogP contribution < -0.4 is 17.1 Å². The standard InChI is InChI=1S/C19H19N3O7S2/c1-2-3-14-20-17(23)21(30(26,27)15-10-6-4-7-11-15)19(25)22(18(20)24)31(28,29)16-12-8-5-9-13-16/h4-13H,2-3,14H2,1H3. The summed E-state index contributed by atoms with van der Waals surface area (Å²) in [6.45, 7) is 1.50. The fourth-order valence-corrected chi connectivity index (χ4v) is 5.52. The number of aromatic nitrogens is 3. The quantitative estimate of drug-likeness (QED) is 0.494. The molecule has 0 unspecified atom stereocenters. The summed E-state index contributed by atoms with van der Waals surface area (Å²) >= 11 is 0. The molecule has 3 rings (SSSR count). The Morgan fingerprint density at radius 2 is 1.03 bits per heavy atom. The van der Waals surface area contributed by atoms with Crippen LogP contribution in [0.3, 0.4) is 0 Å². The van der Waals surface area contributed by atoms with E-state index in [4.69, 9.17) is 0 Å². The lowest BCUT2D eigenvalue weighted by molar-refractivity contribution is 0.514. The number of unbranched alkanes of at least 4 members (excludes halogenated alkanes) is 1. The van der Waals surface area contributed by atoms with Crippen molar-refractivity contribution in [1.82, 2.24) is 12.5 Å². The maximum atomic E-state index is 13.1. The van der Waals surface area contributed by atoms with Crippen LogP contribution in [0, 0.1) is 0 Å². The Morgan fingerprint density at radius 3 is 1.39 bits per heavy atom. The fourth-order valence-electron chi connectivity index (χ4n) is 2.86. The minimum absolute atomic E-state index is 0.181. The maximum absolute atomic E-state index is 13.1. The van der Waals surface area contributed by atoms with Crippen LogP contribution in [0.5, 0.6) is 0 Å². The first-order valence-electron chi connectivity index (χ1n) is 9.24. The van der Waals surface area contributed by atoms with Crippen molar-refractivity contribution in [2.45, 2.75) is 36.1 Å². The van der Waals surface area contributed by atoms with Gasteiger partial charge in [0.2, 0.25) is 0 Å². The van der Waals surface area contributed by atoms with Crippen LogP contribution in [0.2, 0.25) is 0 Å². The van der Waals surface area contributed by atoms with Gasteiger partial charge in [0.25, 0.3) is 20.0 Å². The molecule has 0 aliphatic rings. The summed E-state index contributed by atoms with van der Waals surface area (Å²) in [6, 6.07) is 13.2. The van der Waals surface area contributed by atoms with Gasteiger partial charge in [-0.3, -0.25) is 0 Å². The van der Waals surface area contributed by atoms with Crippen molar-refractivity contribution in [1.29, 1.82) is 0 Å². The summed E-state index contributed by atoms with van der Waals surface area (Å²) < 4.78 is 52.4. The van der Waals surface area contributed by atoms with E-state index < -0.39 is 46.9 Å². The van der Waals surface area contributed by atoms with Crippen LogP contribution in [0.4, 0.5) is 0 Å². The maximum Gasteiger partial charge on any atom is 0.365 e. The number of rotatable bonds is 7. The van der Waals surface area contributed by atoms with Crippen LogP contribution in [-0.2, 0) is 26.6 Å².